The molecule has 0 saturated carbocycles. The normalized spacial score (nSPS) is 12.3. The number of amides is 1. The van der Waals surface area contributed by atoms with Crippen LogP contribution in [0.15, 0.2) is 6.33 Å². The SMILES string of the molecule is CCc1ncnc(N(C)CCC(NC(=O)c2c(C)nn(C)c2F)C(C)C)c1F. The average molecular weight is 394 g/mol. The van der Waals surface area contributed by atoms with Gasteiger partial charge in [-0.1, -0.05) is 20.8 Å². The molecule has 0 aliphatic heterocycles. The van der Waals surface area contributed by atoms with Gasteiger partial charge in [0.25, 0.3) is 5.91 Å². The average Bonchev–Trinajstić information content (AvgIpc) is 2.90. The summed E-state index contributed by atoms with van der Waals surface area (Å²) in [5.41, 5.74) is 0.663. The maximum absolute atomic E-state index is 14.4. The van der Waals surface area contributed by atoms with Crippen LogP contribution in [0.3, 0.4) is 0 Å². The molecule has 1 unspecified atom stereocenters. The molecule has 9 heteroatoms. The van der Waals surface area contributed by atoms with Crippen LogP contribution in [-0.4, -0.2) is 45.3 Å². The third-order valence-corrected chi connectivity index (χ3v) is 4.82. The summed E-state index contributed by atoms with van der Waals surface area (Å²) in [6.07, 6.45) is 2.38. The number of halogens is 2. The Morgan fingerprint density at radius 2 is 2.00 bits per heavy atom. The molecule has 2 aromatic heterocycles. The van der Waals surface area contributed by atoms with E-state index in [-0.39, 0.29) is 23.3 Å². The number of anilines is 1. The molecule has 1 amide bonds. The first-order valence-electron chi connectivity index (χ1n) is 9.37. The van der Waals surface area contributed by atoms with Crippen LogP contribution in [0.2, 0.25) is 0 Å². The Kier molecular flexibility index (Phi) is 7.04. The fraction of sp³-hybridized carbons (Fsp3) is 0.579. The highest BCUT2D eigenvalue weighted by atomic mass is 19.1. The molecule has 1 N–H and O–H groups in total. The fourth-order valence-electron chi connectivity index (χ4n) is 3.05. The molecular weight excluding hydrogens is 366 g/mol. The smallest absolute Gasteiger partial charge is 0.258 e. The zero-order valence-corrected chi connectivity index (χ0v) is 17.3. The molecule has 0 saturated heterocycles. The minimum Gasteiger partial charge on any atom is -0.357 e. The molecule has 7 nitrogen and oxygen atoms in total. The third-order valence-electron chi connectivity index (χ3n) is 4.82. The van der Waals surface area contributed by atoms with E-state index in [2.05, 4.69) is 20.4 Å². The summed E-state index contributed by atoms with van der Waals surface area (Å²) < 4.78 is 29.6. The Hall–Kier alpha value is -2.58. The highest BCUT2D eigenvalue weighted by molar-refractivity contribution is 5.95. The second-order valence-electron chi connectivity index (χ2n) is 7.22. The van der Waals surface area contributed by atoms with Crippen molar-refractivity contribution < 1.29 is 13.6 Å². The molecule has 0 aliphatic rings. The van der Waals surface area contributed by atoms with Crippen LogP contribution in [0, 0.1) is 24.6 Å². The number of hydrogen-bond donors (Lipinski definition) is 1. The van der Waals surface area contributed by atoms with E-state index in [0.717, 1.165) is 4.68 Å². The van der Waals surface area contributed by atoms with Crippen molar-refractivity contribution in [2.24, 2.45) is 13.0 Å². The highest BCUT2D eigenvalue weighted by Crippen LogP contribution is 2.19. The van der Waals surface area contributed by atoms with Gasteiger partial charge in [0.15, 0.2) is 11.6 Å². The first-order valence-corrected chi connectivity index (χ1v) is 9.37. The van der Waals surface area contributed by atoms with Gasteiger partial charge in [-0.25, -0.2) is 19.0 Å². The molecule has 0 aromatic carbocycles. The zero-order chi connectivity index (χ0) is 21.0. The molecule has 0 spiro atoms. The lowest BCUT2D eigenvalue weighted by Gasteiger charge is -2.26. The van der Waals surface area contributed by atoms with Gasteiger partial charge in [-0.15, -0.1) is 0 Å². The van der Waals surface area contributed by atoms with Crippen molar-refractivity contribution >= 4 is 11.7 Å². The molecule has 28 heavy (non-hydrogen) atoms. The Balaban J connectivity index is 2.08. The maximum Gasteiger partial charge on any atom is 0.258 e. The van der Waals surface area contributed by atoms with E-state index < -0.39 is 17.7 Å². The fourth-order valence-corrected chi connectivity index (χ4v) is 3.05. The van der Waals surface area contributed by atoms with Gasteiger partial charge in [0.2, 0.25) is 5.95 Å². The number of nitrogens with one attached hydrogen (secondary N) is 1. The predicted octanol–water partition coefficient (Wildman–Crippen LogP) is 2.64. The summed E-state index contributed by atoms with van der Waals surface area (Å²) >= 11 is 0. The molecular formula is C19H28F2N6O. The Morgan fingerprint density at radius 1 is 1.32 bits per heavy atom. The lowest BCUT2D eigenvalue weighted by Crippen LogP contribution is -2.41. The predicted molar refractivity (Wildman–Crippen MR) is 103 cm³/mol. The van der Waals surface area contributed by atoms with E-state index >= 15 is 0 Å². The molecule has 0 radical (unpaired) electrons. The van der Waals surface area contributed by atoms with Crippen LogP contribution in [-0.2, 0) is 13.5 Å². The van der Waals surface area contributed by atoms with E-state index in [1.54, 1.807) is 18.9 Å². The second-order valence-corrected chi connectivity index (χ2v) is 7.22. The molecule has 0 aliphatic carbocycles. The number of nitrogens with zero attached hydrogens (tertiary/aromatic N) is 5. The number of carbonyl (C=O) groups is 1. The van der Waals surface area contributed by atoms with E-state index in [1.807, 2.05) is 20.8 Å². The summed E-state index contributed by atoms with van der Waals surface area (Å²) in [7, 11) is 3.20. The monoisotopic (exact) mass is 394 g/mol. The summed E-state index contributed by atoms with van der Waals surface area (Å²) in [5.74, 6) is -1.24. The molecule has 2 heterocycles. The molecule has 154 valence electrons. The Bertz CT molecular complexity index is 836. The van der Waals surface area contributed by atoms with Crippen molar-refractivity contribution in [2.75, 3.05) is 18.5 Å². The molecule has 1 atom stereocenters. The number of aryl methyl sites for hydroxylation is 3. The molecule has 2 aromatic rings. The third kappa shape index (κ3) is 4.63. The number of rotatable bonds is 8. The first-order chi connectivity index (χ1) is 13.2. The van der Waals surface area contributed by atoms with Crippen LogP contribution in [0.4, 0.5) is 14.6 Å². The lowest BCUT2D eigenvalue weighted by atomic mass is 10.00. The van der Waals surface area contributed by atoms with Gasteiger partial charge < -0.3 is 10.2 Å². The Labute approximate surface area is 164 Å². The van der Waals surface area contributed by atoms with Crippen LogP contribution < -0.4 is 10.2 Å². The van der Waals surface area contributed by atoms with Crippen LogP contribution in [0.1, 0.15) is 48.9 Å². The van der Waals surface area contributed by atoms with Crippen molar-refractivity contribution in [3.8, 4) is 0 Å². The zero-order valence-electron chi connectivity index (χ0n) is 17.3. The quantitative estimate of drug-likeness (QED) is 0.745. The minimum absolute atomic E-state index is 0.0454. The van der Waals surface area contributed by atoms with Gasteiger partial charge in [-0.05, 0) is 25.7 Å². The van der Waals surface area contributed by atoms with Gasteiger partial charge in [0, 0.05) is 26.7 Å². The summed E-state index contributed by atoms with van der Waals surface area (Å²) in [5, 5.41) is 6.83. The van der Waals surface area contributed by atoms with Crippen molar-refractivity contribution in [3.63, 3.8) is 0 Å². The van der Waals surface area contributed by atoms with Gasteiger partial charge in [0.1, 0.15) is 11.9 Å². The first kappa shape index (κ1) is 21.7. The van der Waals surface area contributed by atoms with E-state index in [1.165, 1.54) is 13.4 Å². The Morgan fingerprint density at radius 3 is 2.54 bits per heavy atom. The maximum atomic E-state index is 14.4. The molecule has 0 fully saturated rings. The van der Waals surface area contributed by atoms with Gasteiger partial charge in [-0.2, -0.15) is 9.49 Å². The standard InChI is InChI=1S/C19H28F2N6O/c1-7-13-16(20)18(23-10-22-13)26(5)9-8-14(11(2)3)24-19(28)15-12(4)25-27(6)17(15)21/h10-11,14H,7-9H2,1-6H3,(H,24,28). The van der Waals surface area contributed by atoms with Crippen LogP contribution in [0.25, 0.3) is 0 Å². The van der Waals surface area contributed by atoms with Crippen molar-refractivity contribution in [1.82, 2.24) is 25.1 Å². The largest absolute Gasteiger partial charge is 0.357 e. The highest BCUT2D eigenvalue weighted by Gasteiger charge is 2.25. The molecule has 0 bridgehead atoms. The van der Waals surface area contributed by atoms with Gasteiger partial charge >= 0.3 is 0 Å². The van der Waals surface area contributed by atoms with E-state index in [4.69, 9.17) is 0 Å². The van der Waals surface area contributed by atoms with Crippen molar-refractivity contribution in [3.05, 3.63) is 35.0 Å². The molecule has 2 rings (SSSR count). The number of carbonyl (C=O) groups excluding carboxylic acids is 1. The van der Waals surface area contributed by atoms with Crippen LogP contribution >= 0.6 is 0 Å². The number of hydrogen-bond acceptors (Lipinski definition) is 5. The van der Waals surface area contributed by atoms with Crippen molar-refractivity contribution in [2.45, 2.75) is 46.6 Å². The minimum atomic E-state index is -0.662. The topological polar surface area (TPSA) is 75.9 Å². The summed E-state index contributed by atoms with van der Waals surface area (Å²) in [6, 6.07) is -0.218. The van der Waals surface area contributed by atoms with Gasteiger partial charge in [0.05, 0.1) is 11.4 Å². The van der Waals surface area contributed by atoms with Crippen molar-refractivity contribution in [1.29, 1.82) is 0 Å². The summed E-state index contributed by atoms with van der Waals surface area (Å²) in [6.45, 7) is 7.84. The number of aromatic nitrogens is 4. The van der Waals surface area contributed by atoms with Gasteiger partial charge in [-0.3, -0.25) is 4.79 Å². The second kappa shape index (κ2) is 9.07. The summed E-state index contributed by atoms with van der Waals surface area (Å²) in [4.78, 5) is 22.2. The van der Waals surface area contributed by atoms with E-state index in [0.29, 0.717) is 30.8 Å². The lowest BCUT2D eigenvalue weighted by molar-refractivity contribution is 0.0918. The van der Waals surface area contributed by atoms with E-state index in [9.17, 15) is 13.6 Å². The van der Waals surface area contributed by atoms with Crippen LogP contribution in [0.5, 0.6) is 0 Å².